The average Bonchev–Trinajstić information content (AvgIpc) is 2.48. The van der Waals surface area contributed by atoms with Crippen LogP contribution in [0.5, 0.6) is 0 Å². The molecule has 0 atom stereocenters. The van der Waals surface area contributed by atoms with Gasteiger partial charge >= 0.3 is 0 Å². The summed E-state index contributed by atoms with van der Waals surface area (Å²) >= 11 is 0. The highest BCUT2D eigenvalue weighted by Crippen LogP contribution is 2.17. The second-order valence-corrected chi connectivity index (χ2v) is 6.20. The normalized spacial score (nSPS) is 10.9. The summed E-state index contributed by atoms with van der Waals surface area (Å²) in [6, 6.07) is 0. The van der Waals surface area contributed by atoms with Crippen molar-refractivity contribution in [2.45, 2.75) is 97.8 Å². The molecule has 0 aliphatic rings. The number of hydrogen-bond acceptors (Lipinski definition) is 3. The first-order valence-electron chi connectivity index (χ1n) is 9.16. The largest absolute Gasteiger partial charge is 0.298 e. The summed E-state index contributed by atoms with van der Waals surface area (Å²) in [4.78, 5) is 37.0. The van der Waals surface area contributed by atoms with E-state index in [-0.39, 0.29) is 17.3 Å². The van der Waals surface area contributed by atoms with Gasteiger partial charge in [-0.05, 0) is 19.3 Å². The molecule has 0 fully saturated rings. The van der Waals surface area contributed by atoms with Gasteiger partial charge < -0.3 is 0 Å². The van der Waals surface area contributed by atoms with Crippen molar-refractivity contribution >= 4 is 17.3 Å². The predicted molar refractivity (Wildman–Crippen MR) is 90.9 cm³/mol. The predicted octanol–water partition coefficient (Wildman–Crippen LogP) is 5.05. The molecule has 0 N–H and O–H groups in total. The molecule has 3 heteroatoms. The lowest BCUT2D eigenvalue weighted by Gasteiger charge is -2.14. The third kappa shape index (κ3) is 9.11. The summed E-state index contributed by atoms with van der Waals surface area (Å²) in [6.07, 6.45) is 9.52. The van der Waals surface area contributed by atoms with E-state index in [2.05, 4.69) is 20.8 Å². The molecule has 0 aromatic carbocycles. The van der Waals surface area contributed by atoms with Gasteiger partial charge in [-0.25, -0.2) is 0 Å². The van der Waals surface area contributed by atoms with Crippen LogP contribution >= 0.6 is 0 Å². The summed E-state index contributed by atoms with van der Waals surface area (Å²) in [5.41, 5.74) is 0. The van der Waals surface area contributed by atoms with Gasteiger partial charge in [-0.3, -0.25) is 14.4 Å². The quantitative estimate of drug-likeness (QED) is 0.314. The summed E-state index contributed by atoms with van der Waals surface area (Å²) < 4.78 is 0. The lowest BCUT2D eigenvalue weighted by atomic mass is 9.86. The van der Waals surface area contributed by atoms with Crippen molar-refractivity contribution < 1.29 is 14.4 Å². The summed E-state index contributed by atoms with van der Waals surface area (Å²) in [5.74, 6) is -1.39. The van der Waals surface area contributed by atoms with Crippen LogP contribution in [-0.2, 0) is 14.4 Å². The van der Waals surface area contributed by atoms with Crippen molar-refractivity contribution in [2.75, 3.05) is 0 Å². The van der Waals surface area contributed by atoms with E-state index in [4.69, 9.17) is 0 Å². The number of carbonyl (C=O) groups excluding carboxylic acids is 3. The molecule has 128 valence electrons. The van der Waals surface area contributed by atoms with Crippen LogP contribution < -0.4 is 0 Å². The summed E-state index contributed by atoms with van der Waals surface area (Å²) in [6.45, 7) is 6.23. The zero-order valence-electron chi connectivity index (χ0n) is 14.8. The van der Waals surface area contributed by atoms with E-state index in [9.17, 15) is 14.4 Å². The van der Waals surface area contributed by atoms with Crippen LogP contribution in [0.15, 0.2) is 0 Å². The molecule has 3 nitrogen and oxygen atoms in total. The maximum atomic E-state index is 12.3. The Morgan fingerprint density at radius 1 is 0.545 bits per heavy atom. The van der Waals surface area contributed by atoms with E-state index in [0.717, 1.165) is 57.8 Å². The van der Waals surface area contributed by atoms with Crippen LogP contribution in [0.2, 0.25) is 0 Å². The standard InChI is InChI=1S/C19H34O3/c1-4-7-10-13-16(20)19(17(21)14-11-8-5-2)18(22)15-12-9-6-3/h19H,4-15H2,1-3H3. The maximum Gasteiger partial charge on any atom is 0.150 e. The molecule has 0 aliphatic heterocycles. The Morgan fingerprint density at radius 3 is 1.05 bits per heavy atom. The minimum Gasteiger partial charge on any atom is -0.298 e. The van der Waals surface area contributed by atoms with Crippen molar-refractivity contribution in [3.8, 4) is 0 Å². The Morgan fingerprint density at radius 2 is 0.818 bits per heavy atom. The highest BCUT2D eigenvalue weighted by atomic mass is 16.2. The summed E-state index contributed by atoms with van der Waals surface area (Å²) in [7, 11) is 0. The highest BCUT2D eigenvalue weighted by molar-refractivity contribution is 6.19. The number of rotatable bonds is 15. The topological polar surface area (TPSA) is 51.2 Å². The molecule has 0 aromatic rings. The van der Waals surface area contributed by atoms with Crippen LogP contribution in [0.3, 0.4) is 0 Å². The zero-order chi connectivity index (χ0) is 16.8. The minimum absolute atomic E-state index is 0.142. The average molecular weight is 310 g/mol. The first-order valence-corrected chi connectivity index (χ1v) is 9.16. The van der Waals surface area contributed by atoms with E-state index in [1.807, 2.05) is 0 Å². The number of unbranched alkanes of at least 4 members (excludes halogenated alkanes) is 6. The fraction of sp³-hybridized carbons (Fsp3) is 0.842. The van der Waals surface area contributed by atoms with Crippen LogP contribution in [0, 0.1) is 5.92 Å². The molecule has 0 amide bonds. The monoisotopic (exact) mass is 310 g/mol. The van der Waals surface area contributed by atoms with Crippen LogP contribution in [0.1, 0.15) is 97.8 Å². The minimum atomic E-state index is -0.967. The Hall–Kier alpha value is -0.990. The second kappa shape index (κ2) is 13.7. The molecule has 0 saturated heterocycles. The van der Waals surface area contributed by atoms with Gasteiger partial charge in [0.15, 0.2) is 17.3 Å². The van der Waals surface area contributed by atoms with Gasteiger partial charge in [-0.15, -0.1) is 0 Å². The molecule has 0 radical (unpaired) electrons. The first kappa shape index (κ1) is 21.0. The smallest absolute Gasteiger partial charge is 0.150 e. The molecule has 0 saturated carbocycles. The Bertz CT molecular complexity index is 281. The molecule has 0 heterocycles. The SMILES string of the molecule is CCCCCC(=O)C(C(=O)CCCCC)C(=O)CCCCC. The van der Waals surface area contributed by atoms with Crippen LogP contribution in [0.25, 0.3) is 0 Å². The number of hydrogen-bond donors (Lipinski definition) is 0. The van der Waals surface area contributed by atoms with Gasteiger partial charge in [0.05, 0.1) is 0 Å². The van der Waals surface area contributed by atoms with Crippen molar-refractivity contribution in [3.63, 3.8) is 0 Å². The number of carbonyl (C=O) groups is 3. The Kier molecular flexibility index (Phi) is 13.0. The van der Waals surface area contributed by atoms with Crippen LogP contribution in [-0.4, -0.2) is 17.3 Å². The zero-order valence-corrected chi connectivity index (χ0v) is 14.8. The Balaban J connectivity index is 4.62. The van der Waals surface area contributed by atoms with Gasteiger partial charge in [0.2, 0.25) is 0 Å². The van der Waals surface area contributed by atoms with Gasteiger partial charge in [0, 0.05) is 19.3 Å². The maximum absolute atomic E-state index is 12.3. The van der Waals surface area contributed by atoms with Crippen LogP contribution in [0.4, 0.5) is 0 Å². The van der Waals surface area contributed by atoms with E-state index >= 15 is 0 Å². The molecule has 0 spiro atoms. The lowest BCUT2D eigenvalue weighted by molar-refractivity contribution is -0.140. The molecular formula is C19H34O3. The van der Waals surface area contributed by atoms with Gasteiger partial charge in [-0.1, -0.05) is 59.3 Å². The van der Waals surface area contributed by atoms with E-state index in [0.29, 0.717) is 19.3 Å². The van der Waals surface area contributed by atoms with Crippen molar-refractivity contribution in [2.24, 2.45) is 5.92 Å². The fourth-order valence-electron chi connectivity index (χ4n) is 2.62. The van der Waals surface area contributed by atoms with E-state index in [1.54, 1.807) is 0 Å². The third-order valence-electron chi connectivity index (χ3n) is 4.05. The molecule has 0 rings (SSSR count). The fourth-order valence-corrected chi connectivity index (χ4v) is 2.62. The van der Waals surface area contributed by atoms with Crippen molar-refractivity contribution in [1.29, 1.82) is 0 Å². The highest BCUT2D eigenvalue weighted by Gasteiger charge is 2.31. The number of Topliss-reactive ketones (excluding diaryl/α,β-unsaturated/α-hetero) is 3. The summed E-state index contributed by atoms with van der Waals surface area (Å²) in [5, 5.41) is 0. The van der Waals surface area contributed by atoms with E-state index < -0.39 is 5.92 Å². The lowest BCUT2D eigenvalue weighted by Crippen LogP contribution is -2.32. The molecule has 0 bridgehead atoms. The van der Waals surface area contributed by atoms with Gasteiger partial charge in [-0.2, -0.15) is 0 Å². The first-order chi connectivity index (χ1) is 10.6. The van der Waals surface area contributed by atoms with Crippen molar-refractivity contribution in [3.05, 3.63) is 0 Å². The number of ketones is 3. The molecule has 0 unspecified atom stereocenters. The van der Waals surface area contributed by atoms with Crippen molar-refractivity contribution in [1.82, 2.24) is 0 Å². The van der Waals surface area contributed by atoms with Gasteiger partial charge in [0.25, 0.3) is 0 Å². The third-order valence-corrected chi connectivity index (χ3v) is 4.05. The molecule has 0 aromatic heterocycles. The molecule has 22 heavy (non-hydrogen) atoms. The molecule has 0 aliphatic carbocycles. The second-order valence-electron chi connectivity index (χ2n) is 6.20. The van der Waals surface area contributed by atoms with E-state index in [1.165, 1.54) is 0 Å². The Labute approximate surface area is 136 Å². The molecular weight excluding hydrogens is 276 g/mol. The van der Waals surface area contributed by atoms with Gasteiger partial charge in [0.1, 0.15) is 5.92 Å².